The molecule has 0 bridgehead atoms. The van der Waals surface area contributed by atoms with Crippen molar-refractivity contribution in [2.75, 3.05) is 38.9 Å². The van der Waals surface area contributed by atoms with Gasteiger partial charge < -0.3 is 33.7 Å². The number of carbonyl (C=O) groups excluding carboxylic acids is 4. The van der Waals surface area contributed by atoms with Crippen LogP contribution in [-0.2, 0) is 48.8 Å². The number of nitrogens with zero attached hydrogens (tertiary/aromatic N) is 4. The number of methoxy groups -OCH3 is 2. The van der Waals surface area contributed by atoms with Gasteiger partial charge >= 0.3 is 12.1 Å². The molecular weight excluding hydrogens is 897 g/mol. The van der Waals surface area contributed by atoms with E-state index >= 15 is 14.4 Å². The summed E-state index contributed by atoms with van der Waals surface area (Å²) in [6.45, 7) is -0.336. The Hall–Kier alpha value is -8.08. The number of amides is 3. The number of para-hydroxylation sites is 1. The van der Waals surface area contributed by atoms with E-state index in [2.05, 4.69) is 0 Å². The monoisotopic (exact) mass is 944 g/mol. The molecule has 0 saturated carbocycles. The van der Waals surface area contributed by atoms with Gasteiger partial charge in [0.1, 0.15) is 36.5 Å². The zero-order chi connectivity index (χ0) is 48.7. The number of esters is 1. The molecule has 6 aromatic rings. The Morgan fingerprint density at radius 3 is 2.13 bits per heavy atom. The summed E-state index contributed by atoms with van der Waals surface area (Å²) in [6.07, 6.45) is -1.57. The molecule has 16 heteroatoms. The van der Waals surface area contributed by atoms with E-state index in [9.17, 15) is 20.0 Å². The van der Waals surface area contributed by atoms with Gasteiger partial charge in [0.15, 0.2) is 11.5 Å². The number of ether oxygens (including phenoxy) is 5. The van der Waals surface area contributed by atoms with Gasteiger partial charge in [0, 0.05) is 25.2 Å². The van der Waals surface area contributed by atoms with Gasteiger partial charge in [-0.3, -0.25) is 29.4 Å². The highest BCUT2D eigenvalue weighted by molar-refractivity contribution is 6.23. The largest absolute Gasteiger partial charge is 0.493 e. The molecule has 4 aliphatic heterocycles. The van der Waals surface area contributed by atoms with Crippen molar-refractivity contribution in [2.24, 2.45) is 5.92 Å². The Morgan fingerprint density at radius 1 is 0.786 bits per heavy atom. The number of imide groups is 1. The number of cyclic esters (lactones) is 1. The molecule has 2 saturated heterocycles. The maximum Gasteiger partial charge on any atom is 0.421 e. The molecule has 6 aromatic carbocycles. The third kappa shape index (κ3) is 7.65. The molecule has 1 N–H and O–H groups in total. The molecule has 3 amide bonds. The summed E-state index contributed by atoms with van der Waals surface area (Å²) < 4.78 is 29.7. The summed E-state index contributed by atoms with van der Waals surface area (Å²) in [6, 6.07) is 38.4. The number of hydrogen-bond donors (Lipinski definition) is 1. The number of hydrogen-bond acceptors (Lipinski definition) is 13. The van der Waals surface area contributed by atoms with Gasteiger partial charge in [-0.25, -0.2) is 9.69 Å². The maximum absolute atomic E-state index is 16.5. The number of nitro groups is 1. The van der Waals surface area contributed by atoms with Gasteiger partial charge in [-0.05, 0) is 87.8 Å². The highest BCUT2D eigenvalue weighted by Gasteiger charge is 2.76. The molecule has 6 atom stereocenters. The first kappa shape index (κ1) is 45.7. The number of anilines is 1. The summed E-state index contributed by atoms with van der Waals surface area (Å²) in [7, 11) is 3.09. The molecule has 2 fully saturated rings. The number of rotatable bonds is 12. The van der Waals surface area contributed by atoms with E-state index in [0.29, 0.717) is 45.9 Å². The van der Waals surface area contributed by atoms with Crippen molar-refractivity contribution < 1.29 is 52.9 Å². The van der Waals surface area contributed by atoms with Gasteiger partial charge in [-0.1, -0.05) is 91.0 Å². The normalized spacial score (nSPS) is 22.4. The minimum absolute atomic E-state index is 0.0367. The topological polar surface area (TPSA) is 188 Å². The van der Waals surface area contributed by atoms with Gasteiger partial charge in [0.2, 0.25) is 11.8 Å². The summed E-state index contributed by atoms with van der Waals surface area (Å²) >= 11 is 0. The van der Waals surface area contributed by atoms with Crippen LogP contribution in [0.1, 0.15) is 57.1 Å². The third-order valence-electron chi connectivity index (χ3n) is 13.9. The zero-order valence-electron chi connectivity index (χ0n) is 38.2. The van der Waals surface area contributed by atoms with Crippen LogP contribution in [0.3, 0.4) is 0 Å². The van der Waals surface area contributed by atoms with Gasteiger partial charge in [-0.15, -0.1) is 0 Å². The highest BCUT2D eigenvalue weighted by Crippen LogP contribution is 2.66. The Morgan fingerprint density at radius 2 is 1.44 bits per heavy atom. The number of benzene rings is 6. The standard InChI is InChI=1S/C54H48N4O12/c1-66-43-29-36-24-25-55(31-38(36)30-44(43)67-2)50(60)45-47-51(61)70-48(35-14-7-4-8-15-35)46(34-12-5-3-6-13-34)57(47)49(37-16-11-17-40(28-37)68-27-26-59)54(45)41-18-9-10-19-42(41)56(52(54)62)53(63)69-32-33-20-22-39(23-21-33)58(64)65/h3-23,28-30,45-49,59H,24-27,31-32H2,1-2H3/t45-,46-,47-,48+,49+,54-/m1/s1. The molecule has 70 heavy (non-hydrogen) atoms. The van der Waals surface area contributed by atoms with Gasteiger partial charge in [0.25, 0.3) is 5.69 Å². The first-order chi connectivity index (χ1) is 34.1. The van der Waals surface area contributed by atoms with E-state index in [-0.39, 0.29) is 44.3 Å². The fourth-order valence-electron chi connectivity index (χ4n) is 11.0. The number of nitro benzene ring substituents is 1. The van der Waals surface area contributed by atoms with Crippen LogP contribution >= 0.6 is 0 Å². The van der Waals surface area contributed by atoms with Crippen LogP contribution in [-0.4, -0.2) is 83.7 Å². The molecule has 16 nitrogen and oxygen atoms in total. The second-order valence-corrected chi connectivity index (χ2v) is 17.5. The second kappa shape index (κ2) is 18.8. The SMILES string of the molecule is COc1cc2c(cc1OC)CN(C(=O)[C@H]1[C@@H]3C(=O)O[C@@H](c4ccccc4)[C@@H](c4ccccc4)N3[C@@H](c3cccc(OCCO)c3)[C@]13C(=O)N(C(=O)OCc1ccc([N+](=O)[O-])cc1)c1ccccc13)CC2. The predicted octanol–water partition coefficient (Wildman–Crippen LogP) is 7.57. The summed E-state index contributed by atoms with van der Waals surface area (Å²) in [4.78, 5) is 78.5. The maximum atomic E-state index is 16.5. The number of aliphatic hydroxyl groups excluding tert-OH is 1. The van der Waals surface area contributed by atoms with E-state index in [1.54, 1.807) is 54.5 Å². The number of morpholine rings is 1. The predicted molar refractivity (Wildman–Crippen MR) is 253 cm³/mol. The molecule has 0 unspecified atom stereocenters. The number of non-ortho nitro benzene ring substituents is 1. The van der Waals surface area contributed by atoms with Crippen molar-refractivity contribution in [3.63, 3.8) is 0 Å². The lowest BCUT2D eigenvalue weighted by atomic mass is 9.65. The molecular formula is C54H48N4O12. The van der Waals surface area contributed by atoms with Crippen molar-refractivity contribution in [3.8, 4) is 17.2 Å². The van der Waals surface area contributed by atoms with E-state index < -0.39 is 64.4 Å². The minimum Gasteiger partial charge on any atom is -0.493 e. The second-order valence-electron chi connectivity index (χ2n) is 17.5. The molecule has 0 radical (unpaired) electrons. The van der Waals surface area contributed by atoms with Crippen molar-refractivity contribution >= 4 is 35.3 Å². The average molecular weight is 945 g/mol. The average Bonchev–Trinajstić information content (AvgIpc) is 3.86. The van der Waals surface area contributed by atoms with E-state index in [1.165, 1.54) is 31.4 Å². The summed E-state index contributed by atoms with van der Waals surface area (Å²) in [5.74, 6) is -2.20. The van der Waals surface area contributed by atoms with E-state index in [0.717, 1.165) is 21.6 Å². The Labute approximate surface area is 402 Å². The highest BCUT2D eigenvalue weighted by atomic mass is 16.6. The van der Waals surface area contributed by atoms with E-state index in [4.69, 9.17) is 23.7 Å². The van der Waals surface area contributed by atoms with Crippen LogP contribution in [0.15, 0.2) is 146 Å². The van der Waals surface area contributed by atoms with Crippen molar-refractivity contribution in [2.45, 2.75) is 49.2 Å². The van der Waals surface area contributed by atoms with Crippen molar-refractivity contribution in [1.82, 2.24) is 9.80 Å². The fourth-order valence-corrected chi connectivity index (χ4v) is 11.0. The lowest BCUT2D eigenvalue weighted by molar-refractivity contribution is -0.384. The lowest BCUT2D eigenvalue weighted by Crippen LogP contribution is -2.57. The molecule has 0 aliphatic carbocycles. The number of aliphatic hydroxyl groups is 1. The Balaban J connectivity index is 1.20. The van der Waals surface area contributed by atoms with Crippen LogP contribution in [0.4, 0.5) is 16.2 Å². The van der Waals surface area contributed by atoms with Gasteiger partial charge in [-0.2, -0.15) is 0 Å². The third-order valence-corrected chi connectivity index (χ3v) is 13.9. The van der Waals surface area contributed by atoms with Crippen LogP contribution in [0, 0.1) is 16.0 Å². The zero-order valence-corrected chi connectivity index (χ0v) is 38.2. The minimum atomic E-state index is -2.03. The quantitative estimate of drug-likeness (QED) is 0.0720. The smallest absolute Gasteiger partial charge is 0.421 e. The van der Waals surface area contributed by atoms with Crippen molar-refractivity contribution in [3.05, 3.63) is 195 Å². The summed E-state index contributed by atoms with van der Waals surface area (Å²) in [5, 5.41) is 21.2. The Kier molecular flexibility index (Phi) is 12.3. The molecule has 10 rings (SSSR count). The Bertz CT molecular complexity index is 2990. The fraction of sp³-hybridized carbons (Fsp3) is 0.259. The first-order valence-corrected chi connectivity index (χ1v) is 22.9. The molecule has 356 valence electrons. The van der Waals surface area contributed by atoms with Crippen LogP contribution in [0.5, 0.6) is 17.2 Å². The molecule has 4 heterocycles. The van der Waals surface area contributed by atoms with Crippen molar-refractivity contribution in [1.29, 1.82) is 0 Å². The molecule has 4 aliphatic rings. The lowest BCUT2D eigenvalue weighted by Gasteiger charge is -2.46. The van der Waals surface area contributed by atoms with E-state index in [1.807, 2.05) is 83.8 Å². The number of fused-ring (bicyclic) bond motifs is 4. The molecule has 0 aromatic heterocycles. The first-order valence-electron chi connectivity index (χ1n) is 22.9. The van der Waals surface area contributed by atoms with Crippen LogP contribution in [0.25, 0.3) is 0 Å². The van der Waals surface area contributed by atoms with Crippen LogP contribution in [0.2, 0.25) is 0 Å². The molecule has 1 spiro atoms. The van der Waals surface area contributed by atoms with Crippen LogP contribution < -0.4 is 19.1 Å². The number of carbonyl (C=O) groups is 4. The summed E-state index contributed by atoms with van der Waals surface area (Å²) in [5.41, 5.74) is 2.35. The van der Waals surface area contributed by atoms with Gasteiger partial charge in [0.05, 0.1) is 49.4 Å².